The Bertz CT molecular complexity index is 1330. The van der Waals surface area contributed by atoms with Gasteiger partial charge in [0.2, 0.25) is 5.91 Å². The number of amides is 1. The van der Waals surface area contributed by atoms with Gasteiger partial charge in [-0.05, 0) is 74.8 Å². The number of benzene rings is 2. The number of carboxylic acids is 1. The van der Waals surface area contributed by atoms with Gasteiger partial charge in [0.25, 0.3) is 0 Å². The molecule has 2 atom stereocenters. The first kappa shape index (κ1) is 26.2. The number of hydrogen-bond acceptors (Lipinski definition) is 4. The number of carbonyl (C=O) groups excluding carboxylic acids is 1. The Kier molecular flexibility index (Phi) is 7.70. The highest BCUT2D eigenvalue weighted by Crippen LogP contribution is 2.40. The van der Waals surface area contributed by atoms with E-state index in [0.29, 0.717) is 16.5 Å². The van der Waals surface area contributed by atoms with Gasteiger partial charge in [-0.2, -0.15) is 0 Å². The monoisotopic (exact) mass is 532 g/mol. The van der Waals surface area contributed by atoms with Crippen LogP contribution in [0.5, 0.6) is 5.75 Å². The summed E-state index contributed by atoms with van der Waals surface area (Å²) in [6.07, 6.45) is 6.96. The molecule has 2 fully saturated rings. The minimum absolute atomic E-state index is 0.0478. The second kappa shape index (κ2) is 11.2. The predicted octanol–water partition coefficient (Wildman–Crippen LogP) is 7.17. The molecule has 7 heteroatoms. The van der Waals surface area contributed by atoms with Crippen molar-refractivity contribution in [1.29, 1.82) is 0 Å². The molecule has 2 aliphatic carbocycles. The highest BCUT2D eigenvalue weighted by molar-refractivity contribution is 6.31. The second-order valence-corrected chi connectivity index (χ2v) is 11.0. The summed E-state index contributed by atoms with van der Waals surface area (Å²) in [5.74, 6) is -0.478. The lowest BCUT2D eigenvalue weighted by molar-refractivity contribution is -0.146. The third kappa shape index (κ3) is 5.70. The zero-order chi connectivity index (χ0) is 26.8. The minimum Gasteiger partial charge on any atom is -0.478 e. The van der Waals surface area contributed by atoms with E-state index in [9.17, 15) is 14.7 Å². The Morgan fingerprint density at radius 2 is 1.71 bits per heavy atom. The van der Waals surface area contributed by atoms with Crippen molar-refractivity contribution in [3.63, 3.8) is 0 Å². The number of nitrogens with one attached hydrogen (secondary N) is 1. The van der Waals surface area contributed by atoms with Crippen molar-refractivity contribution in [3.8, 4) is 16.9 Å². The lowest BCUT2D eigenvalue weighted by Gasteiger charge is -2.24. The smallest absolute Gasteiger partial charge is 0.345 e. The van der Waals surface area contributed by atoms with Gasteiger partial charge in [0, 0.05) is 28.9 Å². The molecule has 1 heterocycles. The fourth-order valence-electron chi connectivity index (χ4n) is 5.45. The largest absolute Gasteiger partial charge is 0.478 e. The van der Waals surface area contributed by atoms with E-state index in [1.165, 1.54) is 0 Å². The summed E-state index contributed by atoms with van der Waals surface area (Å²) in [6, 6.07) is 15.4. The number of nitrogens with zero attached hydrogens (tertiary/aromatic N) is 1. The van der Waals surface area contributed by atoms with Crippen LogP contribution in [0.25, 0.3) is 11.1 Å². The number of aromatic nitrogens is 1. The molecule has 0 radical (unpaired) electrons. The first-order chi connectivity index (χ1) is 18.3. The Labute approximate surface area is 228 Å². The molecule has 6 nitrogen and oxygen atoms in total. The molecule has 2 aliphatic rings. The van der Waals surface area contributed by atoms with Crippen molar-refractivity contribution in [2.75, 3.05) is 5.32 Å². The summed E-state index contributed by atoms with van der Waals surface area (Å²) in [4.78, 5) is 29.8. The van der Waals surface area contributed by atoms with E-state index < -0.39 is 12.1 Å². The lowest BCUT2D eigenvalue weighted by atomic mass is 9.83. The normalized spacial score (nSPS) is 17.1. The third-order valence-corrected chi connectivity index (χ3v) is 8.25. The number of carboxylic acid groups (broad SMARTS) is 1. The SMILES string of the molecule is Cc1ncc(-c2ccc(C(C(=O)Nc3cccc(OC(C(=O)O)C4CC4)c3C)C3CCCC3)cc2)cc1Cl. The van der Waals surface area contributed by atoms with Gasteiger partial charge in [-0.25, -0.2) is 4.79 Å². The van der Waals surface area contributed by atoms with Gasteiger partial charge in [-0.3, -0.25) is 9.78 Å². The summed E-state index contributed by atoms with van der Waals surface area (Å²) in [5, 5.41) is 13.4. The zero-order valence-electron chi connectivity index (χ0n) is 21.7. The highest BCUT2D eigenvalue weighted by atomic mass is 35.5. The maximum Gasteiger partial charge on any atom is 0.345 e. The van der Waals surface area contributed by atoms with Crippen molar-refractivity contribution < 1.29 is 19.4 Å². The molecule has 198 valence electrons. The first-order valence-corrected chi connectivity index (χ1v) is 13.7. The fraction of sp³-hybridized carbons (Fsp3) is 0.387. The van der Waals surface area contributed by atoms with Crippen molar-refractivity contribution in [2.24, 2.45) is 11.8 Å². The fourth-order valence-corrected chi connectivity index (χ4v) is 5.61. The Morgan fingerprint density at radius 1 is 1.00 bits per heavy atom. The minimum atomic E-state index is -0.949. The van der Waals surface area contributed by atoms with Crippen LogP contribution in [0.4, 0.5) is 5.69 Å². The van der Waals surface area contributed by atoms with Crippen LogP contribution in [0.15, 0.2) is 54.7 Å². The van der Waals surface area contributed by atoms with E-state index in [0.717, 1.165) is 66.5 Å². The van der Waals surface area contributed by atoms with E-state index in [2.05, 4.69) is 10.3 Å². The quantitative estimate of drug-likeness (QED) is 0.305. The van der Waals surface area contributed by atoms with Crippen LogP contribution < -0.4 is 10.1 Å². The third-order valence-electron chi connectivity index (χ3n) is 7.87. The van der Waals surface area contributed by atoms with Gasteiger partial charge in [0.1, 0.15) is 5.75 Å². The van der Waals surface area contributed by atoms with Gasteiger partial charge in [0.15, 0.2) is 6.10 Å². The van der Waals surface area contributed by atoms with Crippen LogP contribution >= 0.6 is 11.6 Å². The average molecular weight is 533 g/mol. The van der Waals surface area contributed by atoms with E-state index >= 15 is 0 Å². The van der Waals surface area contributed by atoms with Gasteiger partial charge in [-0.15, -0.1) is 0 Å². The molecule has 38 heavy (non-hydrogen) atoms. The number of carbonyl (C=O) groups is 2. The molecule has 2 N–H and O–H groups in total. The molecular weight excluding hydrogens is 500 g/mol. The van der Waals surface area contributed by atoms with Crippen molar-refractivity contribution >= 4 is 29.2 Å². The Morgan fingerprint density at radius 3 is 2.34 bits per heavy atom. The van der Waals surface area contributed by atoms with Crippen LogP contribution in [0.2, 0.25) is 5.02 Å². The molecule has 2 saturated carbocycles. The van der Waals surface area contributed by atoms with Gasteiger partial charge in [-0.1, -0.05) is 54.8 Å². The topological polar surface area (TPSA) is 88.5 Å². The van der Waals surface area contributed by atoms with E-state index in [1.807, 2.05) is 56.4 Å². The van der Waals surface area contributed by atoms with Crippen LogP contribution in [-0.2, 0) is 9.59 Å². The van der Waals surface area contributed by atoms with Gasteiger partial charge in [0.05, 0.1) is 16.6 Å². The van der Waals surface area contributed by atoms with Crippen molar-refractivity contribution in [3.05, 3.63) is 76.6 Å². The number of aryl methyl sites for hydroxylation is 1. The molecule has 2 unspecified atom stereocenters. The maximum atomic E-state index is 13.8. The molecule has 0 bridgehead atoms. The highest BCUT2D eigenvalue weighted by Gasteiger charge is 2.38. The summed E-state index contributed by atoms with van der Waals surface area (Å²) in [7, 11) is 0. The van der Waals surface area contributed by atoms with Crippen LogP contribution in [0.3, 0.4) is 0 Å². The van der Waals surface area contributed by atoms with Crippen LogP contribution in [-0.4, -0.2) is 28.1 Å². The molecule has 1 aromatic heterocycles. The number of hydrogen-bond donors (Lipinski definition) is 2. The number of pyridine rings is 1. The number of rotatable bonds is 9. The van der Waals surface area contributed by atoms with Crippen LogP contribution in [0, 0.1) is 25.7 Å². The molecule has 2 aromatic carbocycles. The predicted molar refractivity (Wildman–Crippen MR) is 149 cm³/mol. The standard InChI is InChI=1S/C31H33ClN2O4/c1-18-26(8-5-9-27(18)38-29(31(36)37)23-14-15-23)34-30(35)28(21-6-3-4-7-21)22-12-10-20(11-13-22)24-16-25(32)19(2)33-17-24/h5,8-13,16-17,21,23,28-29H,3-4,6-7,14-15H2,1-2H3,(H,34,35)(H,36,37). The lowest BCUT2D eigenvalue weighted by Crippen LogP contribution is -2.29. The Hall–Kier alpha value is -3.38. The van der Waals surface area contributed by atoms with E-state index in [1.54, 1.807) is 12.1 Å². The summed E-state index contributed by atoms with van der Waals surface area (Å²) in [5.41, 5.74) is 5.09. The molecule has 3 aromatic rings. The molecule has 0 spiro atoms. The van der Waals surface area contributed by atoms with Gasteiger partial charge >= 0.3 is 5.97 Å². The average Bonchev–Trinajstić information content (AvgIpc) is 3.60. The molecule has 0 saturated heterocycles. The summed E-state index contributed by atoms with van der Waals surface area (Å²) in [6.45, 7) is 3.73. The number of anilines is 1. The summed E-state index contributed by atoms with van der Waals surface area (Å²) < 4.78 is 5.90. The molecular formula is C31H33ClN2O4. The number of halogens is 1. The molecule has 0 aliphatic heterocycles. The molecule has 1 amide bonds. The second-order valence-electron chi connectivity index (χ2n) is 10.6. The Balaban J connectivity index is 1.38. The number of aliphatic carboxylic acids is 1. The number of ether oxygens (including phenoxy) is 1. The summed E-state index contributed by atoms with van der Waals surface area (Å²) >= 11 is 6.28. The van der Waals surface area contributed by atoms with Crippen molar-refractivity contribution in [2.45, 2.75) is 64.4 Å². The van der Waals surface area contributed by atoms with E-state index in [4.69, 9.17) is 16.3 Å². The van der Waals surface area contributed by atoms with E-state index in [-0.39, 0.29) is 23.7 Å². The first-order valence-electron chi connectivity index (χ1n) is 13.3. The van der Waals surface area contributed by atoms with Gasteiger partial charge < -0.3 is 15.2 Å². The zero-order valence-corrected chi connectivity index (χ0v) is 22.5. The van der Waals surface area contributed by atoms with Crippen LogP contribution in [0.1, 0.15) is 61.3 Å². The van der Waals surface area contributed by atoms with Crippen molar-refractivity contribution in [1.82, 2.24) is 4.98 Å². The maximum absolute atomic E-state index is 13.8. The molecule has 5 rings (SSSR count).